The second-order valence-corrected chi connectivity index (χ2v) is 4.97. The first-order chi connectivity index (χ1) is 10.6. The maximum absolute atomic E-state index is 12.3. The van der Waals surface area contributed by atoms with E-state index in [4.69, 9.17) is 4.42 Å². The van der Waals surface area contributed by atoms with Crippen LogP contribution in [0.4, 0.5) is 5.69 Å². The number of aryl methyl sites for hydroxylation is 2. The lowest BCUT2D eigenvalue weighted by atomic mass is 10.1. The molecule has 5 nitrogen and oxygen atoms in total. The number of carbonyl (C=O) groups excluding carboxylic acids is 1. The van der Waals surface area contributed by atoms with Crippen molar-refractivity contribution in [2.45, 2.75) is 13.8 Å². The molecule has 0 spiro atoms. The van der Waals surface area contributed by atoms with Crippen molar-refractivity contribution in [3.8, 4) is 11.5 Å². The summed E-state index contributed by atoms with van der Waals surface area (Å²) in [5.41, 5.74) is 3.19. The standard InChI is InChI=1S/C17H15N3O2/c1-11-5-3-4-6-15(11)18-16(21)13-7-9-14(10-8-13)17-20-19-12(2)22-17/h3-10H,1-2H3,(H,18,21). The van der Waals surface area contributed by atoms with Crippen molar-refractivity contribution in [1.82, 2.24) is 10.2 Å². The fourth-order valence-electron chi connectivity index (χ4n) is 2.09. The molecule has 2 aromatic carbocycles. The van der Waals surface area contributed by atoms with Crippen LogP contribution in [0.2, 0.25) is 0 Å². The zero-order chi connectivity index (χ0) is 15.5. The third-order valence-electron chi connectivity index (χ3n) is 3.31. The largest absolute Gasteiger partial charge is 0.421 e. The topological polar surface area (TPSA) is 68.0 Å². The van der Waals surface area contributed by atoms with Crippen LogP contribution in [0.3, 0.4) is 0 Å². The summed E-state index contributed by atoms with van der Waals surface area (Å²) in [5, 5.41) is 10.6. The Bertz CT molecular complexity index is 807. The molecule has 1 heterocycles. The van der Waals surface area contributed by atoms with Gasteiger partial charge in [0.05, 0.1) is 0 Å². The van der Waals surface area contributed by atoms with E-state index >= 15 is 0 Å². The number of aromatic nitrogens is 2. The van der Waals surface area contributed by atoms with Crippen LogP contribution in [0.25, 0.3) is 11.5 Å². The summed E-state index contributed by atoms with van der Waals surface area (Å²) >= 11 is 0. The first-order valence-corrected chi connectivity index (χ1v) is 6.91. The molecular weight excluding hydrogens is 278 g/mol. The van der Waals surface area contributed by atoms with Crippen molar-refractivity contribution in [2.75, 3.05) is 5.32 Å². The summed E-state index contributed by atoms with van der Waals surface area (Å²) in [5.74, 6) is 0.808. The number of benzene rings is 2. The molecule has 110 valence electrons. The van der Waals surface area contributed by atoms with Gasteiger partial charge in [-0.25, -0.2) is 0 Å². The number of nitrogens with zero attached hydrogens (tertiary/aromatic N) is 2. The molecular formula is C17H15N3O2. The fraction of sp³-hybridized carbons (Fsp3) is 0.118. The van der Waals surface area contributed by atoms with Gasteiger partial charge in [-0.3, -0.25) is 4.79 Å². The summed E-state index contributed by atoms with van der Waals surface area (Å²) in [6.07, 6.45) is 0. The highest BCUT2D eigenvalue weighted by atomic mass is 16.4. The minimum absolute atomic E-state index is 0.150. The van der Waals surface area contributed by atoms with Gasteiger partial charge in [0.15, 0.2) is 0 Å². The average molecular weight is 293 g/mol. The van der Waals surface area contributed by atoms with Gasteiger partial charge in [-0.1, -0.05) is 18.2 Å². The summed E-state index contributed by atoms with van der Waals surface area (Å²) in [6, 6.07) is 14.7. The third-order valence-corrected chi connectivity index (χ3v) is 3.31. The Morgan fingerprint density at radius 3 is 2.36 bits per heavy atom. The van der Waals surface area contributed by atoms with Gasteiger partial charge in [0, 0.05) is 23.7 Å². The molecule has 5 heteroatoms. The smallest absolute Gasteiger partial charge is 0.255 e. The minimum atomic E-state index is -0.150. The Kier molecular flexibility index (Phi) is 3.70. The molecule has 0 aliphatic rings. The molecule has 0 radical (unpaired) electrons. The zero-order valence-electron chi connectivity index (χ0n) is 12.3. The second kappa shape index (κ2) is 5.81. The van der Waals surface area contributed by atoms with Crippen molar-refractivity contribution in [3.05, 3.63) is 65.5 Å². The Morgan fingerprint density at radius 2 is 1.73 bits per heavy atom. The maximum atomic E-state index is 12.3. The van der Waals surface area contributed by atoms with Gasteiger partial charge in [0.2, 0.25) is 11.8 Å². The van der Waals surface area contributed by atoms with Crippen LogP contribution in [0, 0.1) is 13.8 Å². The molecule has 1 aromatic heterocycles. The molecule has 22 heavy (non-hydrogen) atoms. The van der Waals surface area contributed by atoms with E-state index in [9.17, 15) is 4.79 Å². The van der Waals surface area contributed by atoms with Gasteiger partial charge >= 0.3 is 0 Å². The Balaban J connectivity index is 1.78. The SMILES string of the molecule is Cc1nnc(-c2ccc(C(=O)Nc3ccccc3C)cc2)o1. The molecule has 3 rings (SSSR count). The highest BCUT2D eigenvalue weighted by molar-refractivity contribution is 6.04. The molecule has 0 aliphatic carbocycles. The highest BCUT2D eigenvalue weighted by Crippen LogP contribution is 2.19. The fourth-order valence-corrected chi connectivity index (χ4v) is 2.09. The second-order valence-electron chi connectivity index (χ2n) is 4.97. The summed E-state index contributed by atoms with van der Waals surface area (Å²) in [4.78, 5) is 12.3. The average Bonchev–Trinajstić information content (AvgIpc) is 2.96. The van der Waals surface area contributed by atoms with E-state index in [-0.39, 0.29) is 5.91 Å². The summed E-state index contributed by atoms with van der Waals surface area (Å²) in [6.45, 7) is 3.69. The lowest BCUT2D eigenvalue weighted by Gasteiger charge is -2.08. The quantitative estimate of drug-likeness (QED) is 0.801. The number of hydrogen-bond donors (Lipinski definition) is 1. The Morgan fingerprint density at radius 1 is 1.00 bits per heavy atom. The zero-order valence-corrected chi connectivity index (χ0v) is 12.3. The van der Waals surface area contributed by atoms with Crippen molar-refractivity contribution in [1.29, 1.82) is 0 Å². The summed E-state index contributed by atoms with van der Waals surface area (Å²) in [7, 11) is 0. The molecule has 0 saturated heterocycles. The van der Waals surface area contributed by atoms with Crippen molar-refractivity contribution in [3.63, 3.8) is 0 Å². The van der Waals surface area contributed by atoms with Crippen LogP contribution in [-0.4, -0.2) is 16.1 Å². The van der Waals surface area contributed by atoms with Gasteiger partial charge in [-0.05, 0) is 42.8 Å². The molecule has 1 amide bonds. The first-order valence-electron chi connectivity index (χ1n) is 6.91. The molecule has 0 saturated carbocycles. The van der Waals surface area contributed by atoms with Crippen LogP contribution < -0.4 is 5.32 Å². The molecule has 0 fully saturated rings. The number of anilines is 1. The number of rotatable bonds is 3. The molecule has 0 unspecified atom stereocenters. The molecule has 1 N–H and O–H groups in total. The third kappa shape index (κ3) is 2.88. The van der Waals surface area contributed by atoms with Gasteiger partial charge in [-0.2, -0.15) is 0 Å². The maximum Gasteiger partial charge on any atom is 0.255 e. The predicted octanol–water partition coefficient (Wildman–Crippen LogP) is 3.61. The number of amides is 1. The van der Waals surface area contributed by atoms with E-state index in [0.29, 0.717) is 17.3 Å². The number of nitrogens with one attached hydrogen (secondary N) is 1. The van der Waals surface area contributed by atoms with Crippen LogP contribution in [0.5, 0.6) is 0 Å². The summed E-state index contributed by atoms with van der Waals surface area (Å²) < 4.78 is 5.36. The molecule has 0 aliphatic heterocycles. The molecule has 3 aromatic rings. The number of carbonyl (C=O) groups is 1. The van der Waals surface area contributed by atoms with E-state index in [0.717, 1.165) is 16.8 Å². The monoisotopic (exact) mass is 293 g/mol. The van der Waals surface area contributed by atoms with Gasteiger partial charge < -0.3 is 9.73 Å². The van der Waals surface area contributed by atoms with E-state index in [1.54, 1.807) is 31.2 Å². The van der Waals surface area contributed by atoms with Crippen molar-refractivity contribution in [2.24, 2.45) is 0 Å². The van der Waals surface area contributed by atoms with Gasteiger partial charge in [0.1, 0.15) is 0 Å². The molecule has 0 atom stereocenters. The predicted molar refractivity (Wildman–Crippen MR) is 83.6 cm³/mol. The van der Waals surface area contributed by atoms with E-state index in [1.807, 2.05) is 31.2 Å². The Labute approximate surface area is 128 Å². The van der Waals surface area contributed by atoms with Crippen molar-refractivity contribution < 1.29 is 9.21 Å². The van der Waals surface area contributed by atoms with E-state index in [1.165, 1.54) is 0 Å². The normalized spacial score (nSPS) is 10.5. The van der Waals surface area contributed by atoms with E-state index in [2.05, 4.69) is 15.5 Å². The lowest BCUT2D eigenvalue weighted by molar-refractivity contribution is 0.102. The van der Waals surface area contributed by atoms with Crippen LogP contribution in [-0.2, 0) is 0 Å². The first kappa shape index (κ1) is 14.0. The van der Waals surface area contributed by atoms with Crippen LogP contribution in [0.15, 0.2) is 52.9 Å². The van der Waals surface area contributed by atoms with Gasteiger partial charge in [0.25, 0.3) is 5.91 Å². The van der Waals surface area contributed by atoms with Crippen LogP contribution >= 0.6 is 0 Å². The van der Waals surface area contributed by atoms with Crippen molar-refractivity contribution >= 4 is 11.6 Å². The Hall–Kier alpha value is -2.95. The number of hydrogen-bond acceptors (Lipinski definition) is 4. The van der Waals surface area contributed by atoms with E-state index < -0.39 is 0 Å². The number of para-hydroxylation sites is 1. The van der Waals surface area contributed by atoms with Gasteiger partial charge in [-0.15, -0.1) is 10.2 Å². The lowest BCUT2D eigenvalue weighted by Crippen LogP contribution is -2.12. The molecule has 0 bridgehead atoms. The minimum Gasteiger partial charge on any atom is -0.421 e. The highest BCUT2D eigenvalue weighted by Gasteiger charge is 2.10. The van der Waals surface area contributed by atoms with Crippen LogP contribution in [0.1, 0.15) is 21.8 Å².